The summed E-state index contributed by atoms with van der Waals surface area (Å²) in [5.41, 5.74) is 8.72. The zero-order valence-electron chi connectivity index (χ0n) is 22.4. The number of ether oxygens (including phenoxy) is 1. The van der Waals surface area contributed by atoms with Gasteiger partial charge in [0.1, 0.15) is 37.5 Å². The zero-order chi connectivity index (χ0) is 29.4. The molecular weight excluding hydrogens is 543 g/mol. The number of hydrogen-bond donors (Lipinski definition) is 2. The van der Waals surface area contributed by atoms with Gasteiger partial charge in [0, 0.05) is 29.1 Å². The molecule has 4 unspecified atom stereocenters. The van der Waals surface area contributed by atoms with E-state index in [-0.39, 0.29) is 37.5 Å². The van der Waals surface area contributed by atoms with Gasteiger partial charge in [0.2, 0.25) is 11.8 Å². The molecule has 12 heteroatoms. The Hall–Kier alpha value is -4.97. The Morgan fingerprint density at radius 2 is 1.88 bits per heavy atom. The summed E-state index contributed by atoms with van der Waals surface area (Å²) >= 11 is 0. The van der Waals surface area contributed by atoms with Crippen LogP contribution >= 0.6 is 0 Å². The quantitative estimate of drug-likeness (QED) is 0.345. The maximum Gasteiger partial charge on any atom is 0.250 e. The first-order valence-electron chi connectivity index (χ1n) is 13.4. The number of rotatable bonds is 7. The number of benzene rings is 2. The van der Waals surface area contributed by atoms with E-state index in [0.29, 0.717) is 10.9 Å². The minimum Gasteiger partial charge on any atom is -0.366 e. The van der Waals surface area contributed by atoms with Gasteiger partial charge in [-0.15, -0.1) is 0 Å². The van der Waals surface area contributed by atoms with E-state index in [4.69, 9.17) is 10.5 Å². The molecule has 0 radical (unpaired) electrons. The van der Waals surface area contributed by atoms with Crippen LogP contribution < -0.4 is 11.1 Å². The molecule has 11 nitrogen and oxygen atoms in total. The topological polar surface area (TPSA) is 150 Å². The van der Waals surface area contributed by atoms with Crippen LogP contribution in [0.3, 0.4) is 0 Å². The van der Waals surface area contributed by atoms with Crippen LogP contribution in [0.5, 0.6) is 0 Å². The van der Waals surface area contributed by atoms with E-state index in [9.17, 15) is 23.6 Å². The highest BCUT2D eigenvalue weighted by Gasteiger charge is 2.44. The van der Waals surface area contributed by atoms with E-state index >= 15 is 0 Å². The summed E-state index contributed by atoms with van der Waals surface area (Å²) in [6.45, 7) is -0.685. The van der Waals surface area contributed by atoms with E-state index in [1.807, 2.05) is 12.1 Å². The number of nitrogens with two attached hydrogens (primary N) is 1. The molecule has 3 amide bonds. The third-order valence-corrected chi connectivity index (χ3v) is 7.72. The summed E-state index contributed by atoms with van der Waals surface area (Å²) in [5, 5.41) is 10.9. The van der Waals surface area contributed by atoms with Gasteiger partial charge in [-0.2, -0.15) is 10.2 Å². The lowest BCUT2D eigenvalue weighted by atomic mass is 10.0. The van der Waals surface area contributed by atoms with Crippen molar-refractivity contribution in [3.8, 4) is 11.1 Å². The molecule has 42 heavy (non-hydrogen) atoms. The standard InChI is InChI=1S/C30H27FN6O5/c31-20-11-24(30(41)35-27-25(38)16-42-28(27)17-4-2-1-3-5-17)37(13-20)26(39)15-36-14-22(29(32)40)21-10-18(6-7-23(21)36)19-8-9-33-34-12-19/h1-10,12,14,20,24,27-28H,11,13,15-16H2,(H2,32,40)(H,35,41). The first-order chi connectivity index (χ1) is 20.3. The number of nitrogens with one attached hydrogen (secondary N) is 1. The maximum atomic E-state index is 14.6. The monoisotopic (exact) mass is 570 g/mol. The maximum absolute atomic E-state index is 14.6. The number of nitrogens with zero attached hydrogens (tertiary/aromatic N) is 4. The molecule has 4 heterocycles. The first kappa shape index (κ1) is 27.2. The van der Waals surface area contributed by atoms with Gasteiger partial charge in [-0.05, 0) is 29.3 Å². The lowest BCUT2D eigenvalue weighted by Gasteiger charge is -2.26. The SMILES string of the molecule is NC(=O)c1cn(CC(=O)N2CC(F)CC2C(=O)NC2C(=O)COC2c2ccccc2)c2ccc(-c3ccnnc3)cc12. The van der Waals surface area contributed by atoms with Crippen molar-refractivity contribution in [1.82, 2.24) is 25.0 Å². The fourth-order valence-electron chi connectivity index (χ4n) is 5.67. The summed E-state index contributed by atoms with van der Waals surface area (Å²) < 4.78 is 21.8. The Bertz CT molecular complexity index is 1680. The van der Waals surface area contributed by atoms with Gasteiger partial charge < -0.3 is 25.3 Å². The number of primary amides is 1. The summed E-state index contributed by atoms with van der Waals surface area (Å²) in [7, 11) is 0. The van der Waals surface area contributed by atoms with Crippen molar-refractivity contribution in [2.24, 2.45) is 5.73 Å². The molecule has 2 aromatic carbocycles. The molecule has 2 saturated heterocycles. The van der Waals surface area contributed by atoms with E-state index in [1.54, 1.807) is 59.4 Å². The van der Waals surface area contributed by atoms with Crippen LogP contribution in [0.2, 0.25) is 0 Å². The van der Waals surface area contributed by atoms with Gasteiger partial charge in [0.05, 0.1) is 24.5 Å². The molecule has 0 spiro atoms. The predicted octanol–water partition coefficient (Wildman–Crippen LogP) is 1.96. The van der Waals surface area contributed by atoms with Crippen molar-refractivity contribution in [1.29, 1.82) is 0 Å². The van der Waals surface area contributed by atoms with Crippen molar-refractivity contribution in [2.45, 2.75) is 37.3 Å². The number of aromatic nitrogens is 3. The fourth-order valence-corrected chi connectivity index (χ4v) is 5.67. The van der Waals surface area contributed by atoms with E-state index in [1.165, 1.54) is 11.1 Å². The molecule has 214 valence electrons. The average Bonchev–Trinajstić information content (AvgIpc) is 3.69. The van der Waals surface area contributed by atoms with Crippen LogP contribution in [-0.2, 0) is 25.7 Å². The third-order valence-electron chi connectivity index (χ3n) is 7.72. The number of fused-ring (bicyclic) bond motifs is 1. The van der Waals surface area contributed by atoms with Gasteiger partial charge in [-0.3, -0.25) is 19.2 Å². The number of ketones is 1. The lowest BCUT2D eigenvalue weighted by Crippen LogP contribution is -2.51. The molecule has 2 aromatic heterocycles. The molecule has 4 aromatic rings. The number of Topliss-reactive ketones (excluding diaryl/α,β-unsaturated/α-hetero) is 1. The van der Waals surface area contributed by atoms with Gasteiger partial charge in [-0.25, -0.2) is 4.39 Å². The van der Waals surface area contributed by atoms with Gasteiger partial charge in [-0.1, -0.05) is 36.4 Å². The number of carbonyl (C=O) groups is 4. The smallest absolute Gasteiger partial charge is 0.250 e. The van der Waals surface area contributed by atoms with Crippen molar-refractivity contribution >= 4 is 34.4 Å². The Labute approximate surface area is 239 Å². The molecule has 2 fully saturated rings. The highest BCUT2D eigenvalue weighted by Crippen LogP contribution is 2.30. The zero-order valence-corrected chi connectivity index (χ0v) is 22.4. The molecule has 2 aliphatic heterocycles. The highest BCUT2D eigenvalue weighted by molar-refractivity contribution is 6.07. The van der Waals surface area contributed by atoms with Gasteiger partial charge in [0.25, 0.3) is 5.91 Å². The van der Waals surface area contributed by atoms with Crippen LogP contribution in [0.25, 0.3) is 22.0 Å². The molecule has 6 rings (SSSR count). The minimum atomic E-state index is -1.41. The second-order valence-corrected chi connectivity index (χ2v) is 10.4. The largest absolute Gasteiger partial charge is 0.366 e. The lowest BCUT2D eigenvalue weighted by molar-refractivity contribution is -0.139. The number of likely N-dealkylation sites (tertiary alicyclic amines) is 1. The second kappa shape index (κ2) is 11.1. The van der Waals surface area contributed by atoms with Crippen molar-refractivity contribution in [2.75, 3.05) is 13.2 Å². The number of hydrogen-bond acceptors (Lipinski definition) is 7. The van der Waals surface area contributed by atoms with Crippen LogP contribution in [0.15, 0.2) is 73.2 Å². The molecule has 2 aliphatic rings. The minimum absolute atomic E-state index is 0.161. The summed E-state index contributed by atoms with van der Waals surface area (Å²) in [6, 6.07) is 14.1. The second-order valence-electron chi connectivity index (χ2n) is 10.4. The number of halogens is 1. The third kappa shape index (κ3) is 5.12. The molecule has 4 atom stereocenters. The van der Waals surface area contributed by atoms with Crippen molar-refractivity contribution in [3.05, 3.63) is 84.3 Å². The highest BCUT2D eigenvalue weighted by atomic mass is 19.1. The van der Waals surface area contributed by atoms with Crippen LogP contribution in [0, 0.1) is 0 Å². The average molecular weight is 571 g/mol. The Morgan fingerprint density at radius 3 is 2.62 bits per heavy atom. The molecule has 0 saturated carbocycles. The van der Waals surface area contributed by atoms with Gasteiger partial charge >= 0.3 is 0 Å². The van der Waals surface area contributed by atoms with Crippen LogP contribution in [-0.4, -0.2) is 74.6 Å². The van der Waals surface area contributed by atoms with Crippen molar-refractivity contribution < 1.29 is 28.3 Å². The van der Waals surface area contributed by atoms with E-state index in [0.717, 1.165) is 16.7 Å². The van der Waals surface area contributed by atoms with Crippen LogP contribution in [0.4, 0.5) is 4.39 Å². The number of amides is 3. The molecular formula is C30H27FN6O5. The number of carbonyl (C=O) groups excluding carboxylic acids is 4. The summed E-state index contributed by atoms with van der Waals surface area (Å²) in [5.74, 6) is -2.11. The van der Waals surface area contributed by atoms with Crippen molar-refractivity contribution in [3.63, 3.8) is 0 Å². The Balaban J connectivity index is 1.23. The number of alkyl halides is 1. The normalized spacial score (nSPS) is 22.0. The summed E-state index contributed by atoms with van der Waals surface area (Å²) in [4.78, 5) is 52.9. The molecule has 0 aliphatic carbocycles. The van der Waals surface area contributed by atoms with Gasteiger partial charge in [0.15, 0.2) is 5.78 Å². The van der Waals surface area contributed by atoms with Crippen LogP contribution in [0.1, 0.15) is 28.4 Å². The molecule has 0 bridgehead atoms. The fraction of sp³-hybridized carbons (Fsp3) is 0.267. The predicted molar refractivity (Wildman–Crippen MR) is 149 cm³/mol. The Kier molecular flexibility index (Phi) is 7.21. The first-order valence-corrected chi connectivity index (χ1v) is 13.4. The Morgan fingerprint density at radius 1 is 1.07 bits per heavy atom. The van der Waals surface area contributed by atoms with E-state index < -0.39 is 42.1 Å². The molecule has 3 N–H and O–H groups in total. The van der Waals surface area contributed by atoms with E-state index in [2.05, 4.69) is 15.5 Å². The summed E-state index contributed by atoms with van der Waals surface area (Å²) in [6.07, 6.45) is 2.33.